The third-order valence-corrected chi connectivity index (χ3v) is 11.2. The first-order valence-corrected chi connectivity index (χ1v) is 18.3. The molecule has 4 heteroatoms. The van der Waals surface area contributed by atoms with Crippen LogP contribution in [-0.2, 0) is 0 Å². The molecule has 1 aliphatic heterocycles. The van der Waals surface area contributed by atoms with Crippen LogP contribution in [0.4, 0.5) is 17.1 Å². The maximum Gasteiger partial charge on any atom is 0.161 e. The molecule has 12 rings (SSSR count). The van der Waals surface area contributed by atoms with Crippen molar-refractivity contribution in [2.24, 2.45) is 0 Å². The maximum atomic E-state index is 6.53. The zero-order valence-electron chi connectivity index (χ0n) is 29.0. The number of hydrogen-bond donors (Lipinski definition) is 0. The van der Waals surface area contributed by atoms with Crippen LogP contribution in [0.3, 0.4) is 0 Å². The minimum atomic E-state index is 0.677. The zero-order valence-corrected chi connectivity index (χ0v) is 29.0. The summed E-state index contributed by atoms with van der Waals surface area (Å²) in [5.74, 6) is 0.677. The average Bonchev–Trinajstić information content (AvgIpc) is 3.62. The predicted molar refractivity (Wildman–Crippen MR) is 224 cm³/mol. The summed E-state index contributed by atoms with van der Waals surface area (Å²) in [6.07, 6.45) is 0. The van der Waals surface area contributed by atoms with Crippen molar-refractivity contribution in [1.82, 2.24) is 9.97 Å². The van der Waals surface area contributed by atoms with E-state index >= 15 is 0 Å². The van der Waals surface area contributed by atoms with Gasteiger partial charge in [-0.1, -0.05) is 140 Å². The van der Waals surface area contributed by atoms with E-state index in [2.05, 4.69) is 163 Å². The smallest absolute Gasteiger partial charge is 0.161 e. The van der Waals surface area contributed by atoms with Gasteiger partial charge in [0, 0.05) is 49.0 Å². The van der Waals surface area contributed by atoms with Crippen LogP contribution in [0.15, 0.2) is 180 Å². The minimum absolute atomic E-state index is 0.677. The van der Waals surface area contributed by atoms with Gasteiger partial charge in [-0.05, 0) is 58.1 Å². The largest absolute Gasteiger partial charge is 0.455 e. The number of para-hydroxylation sites is 3. The number of furan rings is 1. The maximum absolute atomic E-state index is 6.53. The van der Waals surface area contributed by atoms with E-state index in [9.17, 15) is 0 Å². The highest BCUT2D eigenvalue weighted by Crippen LogP contribution is 2.54. The number of rotatable bonds is 3. The highest BCUT2D eigenvalue weighted by Gasteiger charge is 2.29. The van der Waals surface area contributed by atoms with Crippen LogP contribution in [0.5, 0.6) is 0 Å². The van der Waals surface area contributed by atoms with Gasteiger partial charge in [-0.25, -0.2) is 9.97 Å². The second kappa shape index (κ2) is 11.1. The molecule has 4 nitrogen and oxygen atoms in total. The van der Waals surface area contributed by atoms with Gasteiger partial charge >= 0.3 is 0 Å². The standard InChI is InChI=1S/C50H29N3O/c1-2-15-32-30(12-1)26-27-37-36-20-9-13-31-14-10-24-44(46(31)36)53(48(32)37)43-29-28-39(33-16-3-4-17-34(33)43)50-51-42-23-7-5-19-40(42)47(52-50)41-22-11-21-38-35-18-6-8-25-45(35)54-49(38)41/h1-29H. The first-order chi connectivity index (χ1) is 26.8. The number of nitrogens with zero attached hydrogens (tertiary/aromatic N) is 3. The number of fused-ring (bicyclic) bond motifs is 9. The molecule has 2 aromatic heterocycles. The van der Waals surface area contributed by atoms with Crippen molar-refractivity contribution in [1.29, 1.82) is 0 Å². The molecular formula is C50H29N3O. The van der Waals surface area contributed by atoms with Crippen LogP contribution in [0.2, 0.25) is 0 Å². The molecule has 0 bridgehead atoms. The van der Waals surface area contributed by atoms with E-state index in [0.29, 0.717) is 5.82 Å². The molecule has 0 saturated carbocycles. The summed E-state index contributed by atoms with van der Waals surface area (Å²) in [7, 11) is 0. The van der Waals surface area contributed by atoms with Crippen LogP contribution < -0.4 is 4.90 Å². The second-order valence-corrected chi connectivity index (χ2v) is 14.1. The van der Waals surface area contributed by atoms with E-state index in [0.717, 1.165) is 66.1 Å². The third-order valence-electron chi connectivity index (χ3n) is 11.2. The van der Waals surface area contributed by atoms with E-state index in [4.69, 9.17) is 14.4 Å². The van der Waals surface area contributed by atoms with Crippen molar-refractivity contribution in [2.45, 2.75) is 0 Å². The van der Waals surface area contributed by atoms with Crippen LogP contribution >= 0.6 is 0 Å². The van der Waals surface area contributed by atoms with E-state index < -0.39 is 0 Å². The van der Waals surface area contributed by atoms with Crippen molar-refractivity contribution in [3.63, 3.8) is 0 Å². The van der Waals surface area contributed by atoms with Gasteiger partial charge in [-0.15, -0.1) is 0 Å². The molecule has 0 N–H and O–H groups in total. The Hall–Kier alpha value is -7.30. The minimum Gasteiger partial charge on any atom is -0.455 e. The fourth-order valence-corrected chi connectivity index (χ4v) is 8.83. The molecule has 9 aromatic carbocycles. The molecular weight excluding hydrogens is 659 g/mol. The fraction of sp³-hybridized carbons (Fsp3) is 0. The van der Waals surface area contributed by atoms with Gasteiger partial charge in [0.2, 0.25) is 0 Å². The summed E-state index contributed by atoms with van der Waals surface area (Å²) >= 11 is 0. The van der Waals surface area contributed by atoms with Crippen molar-refractivity contribution in [3.05, 3.63) is 176 Å². The Kier molecular flexibility index (Phi) is 6.02. The summed E-state index contributed by atoms with van der Waals surface area (Å²) in [6.45, 7) is 0. The average molecular weight is 688 g/mol. The Morgan fingerprint density at radius 3 is 1.96 bits per heavy atom. The summed E-state index contributed by atoms with van der Waals surface area (Å²) in [4.78, 5) is 13.1. The molecule has 0 saturated heterocycles. The molecule has 0 unspecified atom stereocenters. The van der Waals surface area contributed by atoms with Gasteiger partial charge in [0.25, 0.3) is 0 Å². The highest BCUT2D eigenvalue weighted by atomic mass is 16.3. The fourth-order valence-electron chi connectivity index (χ4n) is 8.83. The third kappa shape index (κ3) is 4.08. The van der Waals surface area contributed by atoms with Gasteiger partial charge in [0.05, 0.1) is 28.3 Å². The van der Waals surface area contributed by atoms with Crippen LogP contribution in [0.25, 0.3) is 98.9 Å². The second-order valence-electron chi connectivity index (χ2n) is 14.1. The molecule has 0 radical (unpaired) electrons. The first-order valence-electron chi connectivity index (χ1n) is 18.3. The van der Waals surface area contributed by atoms with E-state index in [1.807, 2.05) is 18.2 Å². The molecule has 0 fully saturated rings. The van der Waals surface area contributed by atoms with Crippen molar-refractivity contribution >= 4 is 82.2 Å². The molecule has 250 valence electrons. The van der Waals surface area contributed by atoms with Crippen molar-refractivity contribution in [2.75, 3.05) is 4.90 Å². The Bertz CT molecular complexity index is 3350. The van der Waals surface area contributed by atoms with Crippen LogP contribution in [0.1, 0.15) is 0 Å². The topological polar surface area (TPSA) is 42.2 Å². The number of hydrogen-bond acceptors (Lipinski definition) is 4. The molecule has 0 amide bonds. The highest BCUT2D eigenvalue weighted by molar-refractivity contribution is 6.21. The lowest BCUT2D eigenvalue weighted by Gasteiger charge is -2.35. The van der Waals surface area contributed by atoms with E-state index in [1.54, 1.807) is 0 Å². The Labute approximate surface area is 310 Å². The van der Waals surface area contributed by atoms with Crippen molar-refractivity contribution < 1.29 is 4.42 Å². The molecule has 0 atom stereocenters. The van der Waals surface area contributed by atoms with Crippen molar-refractivity contribution in [3.8, 4) is 33.8 Å². The van der Waals surface area contributed by atoms with Crippen LogP contribution in [0, 0.1) is 0 Å². The molecule has 0 spiro atoms. The van der Waals surface area contributed by atoms with Gasteiger partial charge in [0.15, 0.2) is 5.82 Å². The molecule has 1 aliphatic rings. The van der Waals surface area contributed by atoms with E-state index in [1.165, 1.54) is 44.0 Å². The SMILES string of the molecule is c1ccc2c3c(ccc2c1)-c1cccc2cccc(c12)N3c1ccc(-c2nc(-c3cccc4c3oc3ccccc34)c3ccccc3n2)c2ccccc12. The van der Waals surface area contributed by atoms with Gasteiger partial charge in [-0.2, -0.15) is 0 Å². The summed E-state index contributed by atoms with van der Waals surface area (Å²) in [5, 5.41) is 10.3. The van der Waals surface area contributed by atoms with Gasteiger partial charge in [0.1, 0.15) is 11.2 Å². The number of benzene rings is 9. The molecule has 54 heavy (non-hydrogen) atoms. The first kappa shape index (κ1) is 29.3. The Morgan fingerprint density at radius 1 is 0.389 bits per heavy atom. The lowest BCUT2D eigenvalue weighted by Crippen LogP contribution is -2.16. The van der Waals surface area contributed by atoms with Gasteiger partial charge in [-0.3, -0.25) is 0 Å². The van der Waals surface area contributed by atoms with Crippen LogP contribution in [-0.4, -0.2) is 9.97 Å². The lowest BCUT2D eigenvalue weighted by molar-refractivity contribution is 0.670. The monoisotopic (exact) mass is 687 g/mol. The number of anilines is 3. The summed E-state index contributed by atoms with van der Waals surface area (Å²) < 4.78 is 6.53. The molecule has 11 aromatic rings. The quantitative estimate of drug-likeness (QED) is 0.185. The summed E-state index contributed by atoms with van der Waals surface area (Å²) in [5.41, 5.74) is 11.3. The van der Waals surface area contributed by atoms with E-state index in [-0.39, 0.29) is 0 Å². The normalized spacial score (nSPS) is 12.4. The molecule has 3 heterocycles. The molecule has 0 aliphatic carbocycles. The Morgan fingerprint density at radius 2 is 1.06 bits per heavy atom. The summed E-state index contributed by atoms with van der Waals surface area (Å²) in [6, 6.07) is 62.5. The predicted octanol–water partition coefficient (Wildman–Crippen LogP) is 13.8. The lowest BCUT2D eigenvalue weighted by atomic mass is 9.88. The number of aromatic nitrogens is 2. The Balaban J connectivity index is 1.12. The van der Waals surface area contributed by atoms with Gasteiger partial charge < -0.3 is 9.32 Å². The zero-order chi connectivity index (χ0) is 35.3.